The first-order valence-corrected chi connectivity index (χ1v) is 10.2. The SMILES string of the molecule is CC(C)n1c(=O)c(-c2cc(F)c(NSCCC(F)(F)F)c(F)c2F)cc2cnc(N)nc21. The maximum atomic E-state index is 14.8. The largest absolute Gasteiger partial charge is 0.389 e. The van der Waals surface area contributed by atoms with Gasteiger partial charge in [-0.1, -0.05) is 11.9 Å². The van der Waals surface area contributed by atoms with Gasteiger partial charge >= 0.3 is 6.18 Å². The molecule has 1 aromatic carbocycles. The molecule has 0 aliphatic heterocycles. The maximum absolute atomic E-state index is 14.8. The summed E-state index contributed by atoms with van der Waals surface area (Å²) in [6.07, 6.45) is -4.36. The van der Waals surface area contributed by atoms with Crippen LogP contribution in [0.15, 0.2) is 23.1 Å². The number of nitrogens with zero attached hydrogens (tertiary/aromatic N) is 3. The predicted molar refractivity (Wildman–Crippen MR) is 111 cm³/mol. The molecule has 32 heavy (non-hydrogen) atoms. The van der Waals surface area contributed by atoms with E-state index in [1.54, 1.807) is 13.8 Å². The summed E-state index contributed by atoms with van der Waals surface area (Å²) in [5.41, 5.74) is 3.05. The molecule has 0 saturated heterocycles. The van der Waals surface area contributed by atoms with Crippen molar-refractivity contribution in [3.05, 3.63) is 46.1 Å². The van der Waals surface area contributed by atoms with Crippen molar-refractivity contribution in [3.8, 4) is 11.1 Å². The Morgan fingerprint density at radius 2 is 1.84 bits per heavy atom. The number of aromatic nitrogens is 3. The summed E-state index contributed by atoms with van der Waals surface area (Å²) >= 11 is 0.374. The number of fused-ring (bicyclic) bond motifs is 1. The molecule has 13 heteroatoms. The van der Waals surface area contributed by atoms with Crippen molar-refractivity contribution in [1.82, 2.24) is 14.5 Å². The van der Waals surface area contributed by atoms with Gasteiger partial charge in [-0.05, 0) is 26.0 Å². The summed E-state index contributed by atoms with van der Waals surface area (Å²) in [6, 6.07) is 1.34. The van der Waals surface area contributed by atoms with Crippen LogP contribution in [0.2, 0.25) is 0 Å². The van der Waals surface area contributed by atoms with Crippen LogP contribution in [0.5, 0.6) is 0 Å². The van der Waals surface area contributed by atoms with Gasteiger partial charge in [0.25, 0.3) is 5.56 Å². The van der Waals surface area contributed by atoms with Gasteiger partial charge in [0.05, 0.1) is 12.0 Å². The Kier molecular flexibility index (Phi) is 6.58. The van der Waals surface area contributed by atoms with Gasteiger partial charge in [0, 0.05) is 28.9 Å². The number of rotatable bonds is 6. The number of pyridine rings is 1. The molecule has 3 N–H and O–H groups in total. The number of nitrogens with one attached hydrogen (secondary N) is 1. The Morgan fingerprint density at radius 1 is 1.16 bits per heavy atom. The molecule has 0 atom stereocenters. The number of halogens is 6. The molecule has 0 bridgehead atoms. The fourth-order valence-electron chi connectivity index (χ4n) is 2.98. The minimum atomic E-state index is -4.44. The molecule has 0 radical (unpaired) electrons. The van der Waals surface area contributed by atoms with Gasteiger partial charge in [-0.15, -0.1) is 0 Å². The quantitative estimate of drug-likeness (QED) is 0.224. The molecule has 2 heterocycles. The summed E-state index contributed by atoms with van der Waals surface area (Å²) in [7, 11) is 0. The number of hydrogen-bond donors (Lipinski definition) is 2. The second kappa shape index (κ2) is 8.88. The third kappa shape index (κ3) is 4.76. The van der Waals surface area contributed by atoms with Gasteiger partial charge in [-0.25, -0.2) is 18.2 Å². The first-order chi connectivity index (χ1) is 14.9. The zero-order valence-corrected chi connectivity index (χ0v) is 17.5. The van der Waals surface area contributed by atoms with E-state index < -0.39 is 58.7 Å². The summed E-state index contributed by atoms with van der Waals surface area (Å²) in [5, 5.41) is 0.285. The van der Waals surface area contributed by atoms with E-state index in [0.717, 1.165) is 0 Å². The lowest BCUT2D eigenvalue weighted by atomic mass is 10.0. The number of nitrogens with two attached hydrogens (primary N) is 1. The molecular weight excluding hydrogens is 460 g/mol. The van der Waals surface area contributed by atoms with Gasteiger partial charge in [0.15, 0.2) is 17.5 Å². The van der Waals surface area contributed by atoms with E-state index >= 15 is 0 Å². The highest BCUT2D eigenvalue weighted by molar-refractivity contribution is 8.00. The zero-order valence-electron chi connectivity index (χ0n) is 16.7. The Hall–Kier alpha value is -2.96. The van der Waals surface area contributed by atoms with Gasteiger partial charge in [-0.3, -0.25) is 9.36 Å². The van der Waals surface area contributed by atoms with Gasteiger partial charge in [0.2, 0.25) is 5.95 Å². The van der Waals surface area contributed by atoms with Crippen LogP contribution < -0.4 is 16.0 Å². The minimum absolute atomic E-state index is 0.0965. The third-order valence-electron chi connectivity index (χ3n) is 4.42. The highest BCUT2D eigenvalue weighted by Crippen LogP contribution is 2.33. The van der Waals surface area contributed by atoms with Crippen LogP contribution in [0.1, 0.15) is 26.3 Å². The number of anilines is 2. The summed E-state index contributed by atoms with van der Waals surface area (Å²) in [6.45, 7) is 3.32. The van der Waals surface area contributed by atoms with Gasteiger partial charge in [0.1, 0.15) is 11.3 Å². The average Bonchev–Trinajstić information content (AvgIpc) is 2.68. The smallest absolute Gasteiger partial charge is 0.368 e. The van der Waals surface area contributed by atoms with Gasteiger partial charge in [-0.2, -0.15) is 18.2 Å². The average molecular weight is 477 g/mol. The van der Waals surface area contributed by atoms with E-state index in [1.165, 1.54) is 16.8 Å². The van der Waals surface area contributed by atoms with Crippen LogP contribution in [-0.4, -0.2) is 26.5 Å². The van der Waals surface area contributed by atoms with Crippen LogP contribution >= 0.6 is 11.9 Å². The number of benzene rings is 1. The molecule has 3 aromatic rings. The molecule has 0 unspecified atom stereocenters. The lowest BCUT2D eigenvalue weighted by molar-refractivity contribution is -0.129. The van der Waals surface area contributed by atoms with Crippen molar-refractivity contribution in [2.75, 3.05) is 16.2 Å². The maximum Gasteiger partial charge on any atom is 0.389 e. The first-order valence-electron chi connectivity index (χ1n) is 9.21. The Labute approximate surface area is 182 Å². The molecule has 0 aliphatic rings. The van der Waals surface area contributed by atoms with E-state index in [9.17, 15) is 31.1 Å². The van der Waals surface area contributed by atoms with E-state index in [-0.39, 0.29) is 22.5 Å². The lowest BCUT2D eigenvalue weighted by Gasteiger charge is -2.16. The molecule has 3 rings (SSSR count). The number of nitrogen functional groups attached to an aromatic ring is 1. The highest BCUT2D eigenvalue weighted by Gasteiger charge is 2.27. The summed E-state index contributed by atoms with van der Waals surface area (Å²) < 4.78 is 83.8. The molecule has 0 amide bonds. The van der Waals surface area contributed by atoms with E-state index in [4.69, 9.17) is 5.73 Å². The molecule has 2 aromatic heterocycles. The van der Waals surface area contributed by atoms with Gasteiger partial charge < -0.3 is 10.5 Å². The zero-order chi connectivity index (χ0) is 23.8. The topological polar surface area (TPSA) is 85.8 Å². The van der Waals surface area contributed by atoms with Crippen molar-refractivity contribution in [3.63, 3.8) is 0 Å². The minimum Gasteiger partial charge on any atom is -0.368 e. The van der Waals surface area contributed by atoms with Crippen LogP contribution in [-0.2, 0) is 0 Å². The van der Waals surface area contributed by atoms with Crippen LogP contribution in [0, 0.1) is 17.5 Å². The molecule has 0 aliphatic carbocycles. The number of alkyl halides is 3. The fraction of sp³-hybridized carbons (Fsp3) is 0.316. The highest BCUT2D eigenvalue weighted by atomic mass is 32.2. The summed E-state index contributed by atoms with van der Waals surface area (Å²) in [5.74, 6) is -5.11. The second-order valence-electron chi connectivity index (χ2n) is 7.06. The van der Waals surface area contributed by atoms with Crippen molar-refractivity contribution >= 4 is 34.6 Å². The molecule has 172 valence electrons. The van der Waals surface area contributed by atoms with E-state index in [1.807, 2.05) is 0 Å². The Balaban J connectivity index is 2.08. The van der Waals surface area contributed by atoms with E-state index in [2.05, 4.69) is 14.7 Å². The van der Waals surface area contributed by atoms with Crippen LogP contribution in [0.4, 0.5) is 38.0 Å². The molecule has 0 fully saturated rings. The normalized spacial score (nSPS) is 12.0. The fourth-order valence-corrected chi connectivity index (χ4v) is 3.75. The monoisotopic (exact) mass is 477 g/mol. The second-order valence-corrected chi connectivity index (χ2v) is 7.96. The molecule has 0 spiro atoms. The standard InChI is InChI=1S/C19H17F6N5OS/c1-8(2)30-16-9(7-27-18(26)28-16)5-11(17(30)31)10-6-12(20)15(14(22)13(10)21)29-32-4-3-19(23,24)25/h5-8,29H,3-4H2,1-2H3,(H2,26,27,28). The number of hydrogen-bond acceptors (Lipinski definition) is 6. The lowest BCUT2D eigenvalue weighted by Crippen LogP contribution is -2.25. The van der Waals surface area contributed by atoms with Crippen LogP contribution in [0.3, 0.4) is 0 Å². The van der Waals surface area contributed by atoms with Crippen LogP contribution in [0.25, 0.3) is 22.2 Å². The van der Waals surface area contributed by atoms with Crippen molar-refractivity contribution in [2.45, 2.75) is 32.5 Å². The Bertz CT molecular complexity index is 1230. The Morgan fingerprint density at radius 3 is 2.47 bits per heavy atom. The third-order valence-corrected chi connectivity index (χ3v) is 5.18. The molecule has 0 saturated carbocycles. The van der Waals surface area contributed by atoms with E-state index in [0.29, 0.717) is 18.0 Å². The van der Waals surface area contributed by atoms with Crippen molar-refractivity contribution in [2.24, 2.45) is 0 Å². The predicted octanol–water partition coefficient (Wildman–Crippen LogP) is 5.05. The first kappa shape index (κ1) is 23.7. The van der Waals surface area contributed by atoms with Crippen molar-refractivity contribution < 1.29 is 26.3 Å². The molecule has 6 nitrogen and oxygen atoms in total. The van der Waals surface area contributed by atoms with Crippen molar-refractivity contribution in [1.29, 1.82) is 0 Å². The summed E-state index contributed by atoms with van der Waals surface area (Å²) in [4.78, 5) is 20.9. The molecular formula is C19H17F6N5OS.